The van der Waals surface area contributed by atoms with Crippen LogP contribution >= 0.6 is 24.0 Å². The zero-order valence-electron chi connectivity index (χ0n) is 15.1. The van der Waals surface area contributed by atoms with Gasteiger partial charge in [0.15, 0.2) is 17.5 Å². The molecule has 1 unspecified atom stereocenters. The van der Waals surface area contributed by atoms with Crippen molar-refractivity contribution in [2.75, 3.05) is 33.5 Å². The standard InChI is InChI=1S/C18H28N4O2.HI/c1-3-15(22-8-4-5-9-22)12-21-18(19-2)20-11-14-6-7-16-17(10-14)24-13-23-16;/h6-7,10,15H,3-5,8-9,11-13H2,1-2H3,(H2,19,20,21);1H. The van der Waals surface area contributed by atoms with E-state index in [9.17, 15) is 0 Å². The third-order valence-electron chi connectivity index (χ3n) is 4.75. The second-order valence-corrected chi connectivity index (χ2v) is 6.30. The maximum atomic E-state index is 5.42. The Kier molecular flexibility index (Phi) is 8.08. The summed E-state index contributed by atoms with van der Waals surface area (Å²) in [5.41, 5.74) is 1.15. The molecular formula is C18H29IN4O2. The normalized spacial score (nSPS) is 17.9. The highest BCUT2D eigenvalue weighted by atomic mass is 127. The van der Waals surface area contributed by atoms with E-state index in [1.807, 2.05) is 25.2 Å². The van der Waals surface area contributed by atoms with Crippen molar-refractivity contribution >= 4 is 29.9 Å². The van der Waals surface area contributed by atoms with E-state index in [2.05, 4.69) is 27.4 Å². The molecule has 0 radical (unpaired) electrons. The van der Waals surface area contributed by atoms with Crippen LogP contribution in [0.4, 0.5) is 0 Å². The number of ether oxygens (including phenoxy) is 2. The molecule has 7 heteroatoms. The zero-order chi connectivity index (χ0) is 16.8. The van der Waals surface area contributed by atoms with Gasteiger partial charge in [0.25, 0.3) is 0 Å². The van der Waals surface area contributed by atoms with Crippen LogP contribution in [0.5, 0.6) is 11.5 Å². The van der Waals surface area contributed by atoms with Gasteiger partial charge in [-0.2, -0.15) is 0 Å². The Morgan fingerprint density at radius 1 is 1.20 bits per heavy atom. The number of rotatable bonds is 6. The van der Waals surface area contributed by atoms with Crippen LogP contribution in [0.25, 0.3) is 0 Å². The van der Waals surface area contributed by atoms with Crippen LogP contribution in [0.1, 0.15) is 31.7 Å². The molecule has 0 spiro atoms. The third kappa shape index (κ3) is 5.37. The molecule has 3 rings (SSSR count). The SMILES string of the molecule is CCC(CNC(=NC)NCc1ccc2c(c1)OCO2)N1CCCC1.I. The Hall–Kier alpha value is -1.22. The summed E-state index contributed by atoms with van der Waals surface area (Å²) in [4.78, 5) is 6.91. The van der Waals surface area contributed by atoms with Crippen molar-refractivity contribution in [1.29, 1.82) is 0 Å². The van der Waals surface area contributed by atoms with Crippen molar-refractivity contribution in [2.45, 2.75) is 38.8 Å². The second kappa shape index (κ2) is 10.1. The summed E-state index contributed by atoms with van der Waals surface area (Å²) in [6.45, 7) is 6.65. The Morgan fingerprint density at radius 2 is 1.96 bits per heavy atom. The molecule has 2 aliphatic heterocycles. The number of benzene rings is 1. The molecule has 25 heavy (non-hydrogen) atoms. The molecule has 0 saturated carbocycles. The summed E-state index contributed by atoms with van der Waals surface area (Å²) in [6.07, 6.45) is 3.81. The third-order valence-corrected chi connectivity index (χ3v) is 4.75. The molecule has 0 aromatic heterocycles. The fourth-order valence-electron chi connectivity index (χ4n) is 3.31. The summed E-state index contributed by atoms with van der Waals surface area (Å²) in [6, 6.07) is 6.60. The van der Waals surface area contributed by atoms with Crippen LogP contribution in [0.2, 0.25) is 0 Å². The number of halogens is 1. The maximum absolute atomic E-state index is 5.42. The van der Waals surface area contributed by atoms with Crippen LogP contribution in [-0.4, -0.2) is 50.4 Å². The molecule has 2 heterocycles. The lowest BCUT2D eigenvalue weighted by Gasteiger charge is -2.27. The monoisotopic (exact) mass is 460 g/mol. The molecular weight excluding hydrogens is 431 g/mol. The molecule has 1 aromatic carbocycles. The quantitative estimate of drug-likeness (QED) is 0.389. The number of nitrogens with zero attached hydrogens (tertiary/aromatic N) is 2. The van der Waals surface area contributed by atoms with Gasteiger partial charge in [-0.3, -0.25) is 9.89 Å². The minimum absolute atomic E-state index is 0. The minimum Gasteiger partial charge on any atom is -0.454 e. The van der Waals surface area contributed by atoms with Gasteiger partial charge in [0.2, 0.25) is 6.79 Å². The summed E-state index contributed by atoms with van der Waals surface area (Å²) >= 11 is 0. The molecule has 2 N–H and O–H groups in total. The lowest BCUT2D eigenvalue weighted by molar-refractivity contribution is 0.174. The molecule has 140 valence electrons. The molecule has 0 aliphatic carbocycles. The van der Waals surface area contributed by atoms with Crippen LogP contribution in [0, 0.1) is 0 Å². The Labute approximate surface area is 167 Å². The first-order chi connectivity index (χ1) is 11.8. The summed E-state index contributed by atoms with van der Waals surface area (Å²) < 4.78 is 10.8. The number of fused-ring (bicyclic) bond motifs is 1. The zero-order valence-corrected chi connectivity index (χ0v) is 17.4. The van der Waals surface area contributed by atoms with Gasteiger partial charge in [0.1, 0.15) is 0 Å². The van der Waals surface area contributed by atoms with Crippen molar-refractivity contribution in [2.24, 2.45) is 4.99 Å². The number of guanidine groups is 1. The smallest absolute Gasteiger partial charge is 0.231 e. The van der Waals surface area contributed by atoms with Gasteiger partial charge in [-0.05, 0) is 50.0 Å². The van der Waals surface area contributed by atoms with Crippen LogP contribution in [-0.2, 0) is 6.54 Å². The van der Waals surface area contributed by atoms with Gasteiger partial charge in [0, 0.05) is 26.2 Å². The number of nitrogens with one attached hydrogen (secondary N) is 2. The fourth-order valence-corrected chi connectivity index (χ4v) is 3.31. The molecule has 1 atom stereocenters. The largest absolute Gasteiger partial charge is 0.454 e. The predicted octanol–water partition coefficient (Wildman–Crippen LogP) is 2.57. The highest BCUT2D eigenvalue weighted by molar-refractivity contribution is 14.0. The summed E-state index contributed by atoms with van der Waals surface area (Å²) in [7, 11) is 1.81. The second-order valence-electron chi connectivity index (χ2n) is 6.30. The Balaban J connectivity index is 0.00000225. The van der Waals surface area contributed by atoms with Crippen molar-refractivity contribution < 1.29 is 9.47 Å². The summed E-state index contributed by atoms with van der Waals surface area (Å²) in [5.74, 6) is 2.47. The average Bonchev–Trinajstić information content (AvgIpc) is 3.29. The number of hydrogen-bond donors (Lipinski definition) is 2. The van der Waals surface area contributed by atoms with Gasteiger partial charge in [0.05, 0.1) is 0 Å². The average molecular weight is 460 g/mol. The number of hydrogen-bond acceptors (Lipinski definition) is 4. The van der Waals surface area contributed by atoms with Crippen molar-refractivity contribution in [3.8, 4) is 11.5 Å². The molecule has 1 saturated heterocycles. The molecule has 0 bridgehead atoms. The van der Waals surface area contributed by atoms with Gasteiger partial charge >= 0.3 is 0 Å². The van der Waals surface area contributed by atoms with Crippen LogP contribution in [0.15, 0.2) is 23.2 Å². The first-order valence-electron chi connectivity index (χ1n) is 8.87. The first kappa shape index (κ1) is 20.1. The lowest BCUT2D eigenvalue weighted by atomic mass is 10.2. The topological polar surface area (TPSA) is 58.1 Å². The van der Waals surface area contributed by atoms with Gasteiger partial charge in [-0.25, -0.2) is 0 Å². The molecule has 1 aromatic rings. The van der Waals surface area contributed by atoms with E-state index in [0.717, 1.165) is 36.0 Å². The molecule has 6 nitrogen and oxygen atoms in total. The van der Waals surface area contributed by atoms with E-state index >= 15 is 0 Å². The Bertz CT molecular complexity index is 576. The van der Waals surface area contributed by atoms with E-state index in [1.165, 1.54) is 25.9 Å². The van der Waals surface area contributed by atoms with Crippen molar-refractivity contribution in [3.05, 3.63) is 23.8 Å². The molecule has 1 fully saturated rings. The van der Waals surface area contributed by atoms with Crippen molar-refractivity contribution in [1.82, 2.24) is 15.5 Å². The van der Waals surface area contributed by atoms with Gasteiger partial charge in [-0.15, -0.1) is 24.0 Å². The van der Waals surface area contributed by atoms with Gasteiger partial charge < -0.3 is 20.1 Å². The maximum Gasteiger partial charge on any atom is 0.231 e. The van der Waals surface area contributed by atoms with E-state index in [4.69, 9.17) is 9.47 Å². The van der Waals surface area contributed by atoms with E-state index in [1.54, 1.807) is 0 Å². The highest BCUT2D eigenvalue weighted by Crippen LogP contribution is 2.32. The molecule has 0 amide bonds. The molecule has 2 aliphatic rings. The highest BCUT2D eigenvalue weighted by Gasteiger charge is 2.20. The van der Waals surface area contributed by atoms with E-state index < -0.39 is 0 Å². The number of aliphatic imine (C=N–C) groups is 1. The predicted molar refractivity (Wildman–Crippen MR) is 111 cm³/mol. The van der Waals surface area contributed by atoms with E-state index in [-0.39, 0.29) is 24.0 Å². The van der Waals surface area contributed by atoms with Crippen LogP contribution < -0.4 is 20.1 Å². The van der Waals surface area contributed by atoms with E-state index in [0.29, 0.717) is 19.4 Å². The first-order valence-corrected chi connectivity index (χ1v) is 8.87. The lowest BCUT2D eigenvalue weighted by Crippen LogP contribution is -2.46. The Morgan fingerprint density at radius 3 is 2.68 bits per heavy atom. The van der Waals surface area contributed by atoms with Crippen LogP contribution in [0.3, 0.4) is 0 Å². The van der Waals surface area contributed by atoms with Gasteiger partial charge in [-0.1, -0.05) is 13.0 Å². The number of likely N-dealkylation sites (tertiary alicyclic amines) is 1. The van der Waals surface area contributed by atoms with Crippen molar-refractivity contribution in [3.63, 3.8) is 0 Å². The minimum atomic E-state index is 0. The summed E-state index contributed by atoms with van der Waals surface area (Å²) in [5, 5.41) is 6.83. The fraction of sp³-hybridized carbons (Fsp3) is 0.611.